The van der Waals surface area contributed by atoms with Gasteiger partial charge in [0, 0.05) is 5.56 Å². The van der Waals surface area contributed by atoms with Gasteiger partial charge in [-0.15, -0.1) is 0 Å². The minimum atomic E-state index is -0.962. The Labute approximate surface area is 140 Å². The summed E-state index contributed by atoms with van der Waals surface area (Å²) in [6, 6.07) is 20.9. The molecule has 0 amide bonds. The maximum absolute atomic E-state index is 11.0. The van der Waals surface area contributed by atoms with Gasteiger partial charge < -0.3 is 9.84 Å². The van der Waals surface area contributed by atoms with Gasteiger partial charge in [-0.3, -0.25) is 4.98 Å². The SMILES string of the molecule is Cc1nc(-c2ccc(OCc3ccccc3)cc2)ccc1C(=O)O. The molecule has 2 aromatic carbocycles. The Kier molecular flexibility index (Phi) is 4.57. The van der Waals surface area contributed by atoms with E-state index in [-0.39, 0.29) is 5.56 Å². The highest BCUT2D eigenvalue weighted by atomic mass is 16.5. The van der Waals surface area contributed by atoms with Crippen molar-refractivity contribution in [1.82, 2.24) is 4.98 Å². The number of hydrogen-bond acceptors (Lipinski definition) is 3. The van der Waals surface area contributed by atoms with Crippen LogP contribution in [0.15, 0.2) is 66.7 Å². The molecule has 0 bridgehead atoms. The molecule has 0 aliphatic carbocycles. The molecule has 4 heteroatoms. The predicted octanol–water partition coefficient (Wildman–Crippen LogP) is 4.33. The predicted molar refractivity (Wildman–Crippen MR) is 92.1 cm³/mol. The van der Waals surface area contributed by atoms with E-state index in [2.05, 4.69) is 4.98 Å². The number of ether oxygens (including phenoxy) is 1. The Morgan fingerprint density at radius 2 is 1.71 bits per heavy atom. The number of hydrogen-bond donors (Lipinski definition) is 1. The summed E-state index contributed by atoms with van der Waals surface area (Å²) in [6.07, 6.45) is 0. The number of aromatic nitrogens is 1. The van der Waals surface area contributed by atoms with Crippen molar-refractivity contribution < 1.29 is 14.6 Å². The van der Waals surface area contributed by atoms with E-state index >= 15 is 0 Å². The van der Waals surface area contributed by atoms with E-state index < -0.39 is 5.97 Å². The zero-order valence-corrected chi connectivity index (χ0v) is 13.3. The maximum Gasteiger partial charge on any atom is 0.337 e. The number of aryl methyl sites for hydroxylation is 1. The lowest BCUT2D eigenvalue weighted by molar-refractivity contribution is 0.0695. The fourth-order valence-corrected chi connectivity index (χ4v) is 2.41. The summed E-state index contributed by atoms with van der Waals surface area (Å²) in [7, 11) is 0. The minimum Gasteiger partial charge on any atom is -0.489 e. The van der Waals surface area contributed by atoms with Gasteiger partial charge in [0.05, 0.1) is 17.0 Å². The number of benzene rings is 2. The third kappa shape index (κ3) is 3.60. The highest BCUT2D eigenvalue weighted by Crippen LogP contribution is 2.22. The highest BCUT2D eigenvalue weighted by molar-refractivity contribution is 5.89. The molecule has 0 radical (unpaired) electrons. The number of nitrogens with zero attached hydrogens (tertiary/aromatic N) is 1. The lowest BCUT2D eigenvalue weighted by Crippen LogP contribution is -2.02. The molecule has 1 heterocycles. The fraction of sp³-hybridized carbons (Fsp3) is 0.100. The summed E-state index contributed by atoms with van der Waals surface area (Å²) in [4.78, 5) is 15.4. The van der Waals surface area contributed by atoms with Gasteiger partial charge in [0.15, 0.2) is 0 Å². The van der Waals surface area contributed by atoms with Gasteiger partial charge in [0.25, 0.3) is 0 Å². The number of pyridine rings is 1. The third-order valence-corrected chi connectivity index (χ3v) is 3.71. The van der Waals surface area contributed by atoms with Crippen molar-refractivity contribution in [2.45, 2.75) is 13.5 Å². The molecule has 0 fully saturated rings. The van der Waals surface area contributed by atoms with Gasteiger partial charge in [0.2, 0.25) is 0 Å². The van der Waals surface area contributed by atoms with Crippen LogP contribution in [0, 0.1) is 6.92 Å². The van der Waals surface area contributed by atoms with Crippen molar-refractivity contribution >= 4 is 5.97 Å². The first-order valence-corrected chi connectivity index (χ1v) is 7.61. The summed E-state index contributed by atoms with van der Waals surface area (Å²) in [6.45, 7) is 2.22. The third-order valence-electron chi connectivity index (χ3n) is 3.71. The zero-order chi connectivity index (χ0) is 16.9. The average Bonchev–Trinajstić information content (AvgIpc) is 2.61. The van der Waals surface area contributed by atoms with E-state index in [1.54, 1.807) is 19.1 Å². The molecule has 0 unspecified atom stereocenters. The van der Waals surface area contributed by atoms with Crippen LogP contribution < -0.4 is 4.74 Å². The van der Waals surface area contributed by atoms with E-state index in [0.717, 1.165) is 22.6 Å². The van der Waals surface area contributed by atoms with Gasteiger partial charge in [-0.1, -0.05) is 30.3 Å². The summed E-state index contributed by atoms with van der Waals surface area (Å²) in [5.74, 6) is -0.183. The Morgan fingerprint density at radius 1 is 1.00 bits per heavy atom. The molecule has 24 heavy (non-hydrogen) atoms. The molecule has 0 saturated heterocycles. The average molecular weight is 319 g/mol. The Morgan fingerprint density at radius 3 is 2.33 bits per heavy atom. The molecule has 0 aliphatic rings. The smallest absolute Gasteiger partial charge is 0.337 e. The first-order chi connectivity index (χ1) is 11.6. The van der Waals surface area contributed by atoms with Gasteiger partial charge >= 0.3 is 5.97 Å². The van der Waals surface area contributed by atoms with Gasteiger partial charge in [-0.25, -0.2) is 4.79 Å². The fourth-order valence-electron chi connectivity index (χ4n) is 2.41. The quantitative estimate of drug-likeness (QED) is 0.760. The second-order valence-corrected chi connectivity index (χ2v) is 5.43. The van der Waals surface area contributed by atoms with Crippen LogP contribution in [0.4, 0.5) is 0 Å². The minimum absolute atomic E-state index is 0.224. The maximum atomic E-state index is 11.0. The second-order valence-electron chi connectivity index (χ2n) is 5.43. The molecule has 0 saturated carbocycles. The largest absolute Gasteiger partial charge is 0.489 e. The number of carboxylic acid groups (broad SMARTS) is 1. The standard InChI is InChI=1S/C20H17NO3/c1-14-18(20(22)23)11-12-19(21-14)16-7-9-17(10-8-16)24-13-15-5-3-2-4-6-15/h2-12H,13H2,1H3,(H,22,23). The monoisotopic (exact) mass is 319 g/mol. The van der Waals surface area contributed by atoms with Crippen LogP contribution in [-0.2, 0) is 6.61 Å². The van der Waals surface area contributed by atoms with Gasteiger partial charge in [-0.2, -0.15) is 0 Å². The number of aromatic carboxylic acids is 1. The Hall–Kier alpha value is -3.14. The van der Waals surface area contributed by atoms with Crippen molar-refractivity contribution in [3.63, 3.8) is 0 Å². The van der Waals surface area contributed by atoms with E-state index in [1.165, 1.54) is 0 Å². The summed E-state index contributed by atoms with van der Waals surface area (Å²) in [5, 5.41) is 9.06. The van der Waals surface area contributed by atoms with Crippen LogP contribution >= 0.6 is 0 Å². The summed E-state index contributed by atoms with van der Waals surface area (Å²) < 4.78 is 5.76. The van der Waals surface area contributed by atoms with E-state index in [9.17, 15) is 4.79 Å². The molecular formula is C20H17NO3. The topological polar surface area (TPSA) is 59.4 Å². The molecule has 0 spiro atoms. The van der Waals surface area contributed by atoms with E-state index in [0.29, 0.717) is 12.3 Å². The van der Waals surface area contributed by atoms with Crippen LogP contribution in [-0.4, -0.2) is 16.1 Å². The molecule has 1 N–H and O–H groups in total. The number of carbonyl (C=O) groups is 1. The number of rotatable bonds is 5. The molecule has 1 aromatic heterocycles. The van der Waals surface area contributed by atoms with E-state index in [1.807, 2.05) is 54.6 Å². The lowest BCUT2D eigenvalue weighted by atomic mass is 10.1. The van der Waals surface area contributed by atoms with E-state index in [4.69, 9.17) is 9.84 Å². The molecular weight excluding hydrogens is 302 g/mol. The van der Waals surface area contributed by atoms with Crippen molar-refractivity contribution in [1.29, 1.82) is 0 Å². The van der Waals surface area contributed by atoms with Crippen LogP contribution in [0.3, 0.4) is 0 Å². The van der Waals surface area contributed by atoms with Crippen LogP contribution in [0.2, 0.25) is 0 Å². The van der Waals surface area contributed by atoms with Crippen molar-refractivity contribution in [2.75, 3.05) is 0 Å². The van der Waals surface area contributed by atoms with Crippen LogP contribution in [0.1, 0.15) is 21.6 Å². The molecule has 0 atom stereocenters. The van der Waals surface area contributed by atoms with Gasteiger partial charge in [-0.05, 0) is 48.9 Å². The lowest BCUT2D eigenvalue weighted by Gasteiger charge is -2.08. The molecule has 3 aromatic rings. The molecule has 120 valence electrons. The number of carboxylic acids is 1. The summed E-state index contributed by atoms with van der Waals surface area (Å²) in [5.41, 5.74) is 3.50. The van der Waals surface area contributed by atoms with Crippen LogP contribution in [0.5, 0.6) is 5.75 Å². The van der Waals surface area contributed by atoms with Crippen molar-refractivity contribution in [3.05, 3.63) is 83.6 Å². The summed E-state index contributed by atoms with van der Waals surface area (Å²) >= 11 is 0. The van der Waals surface area contributed by atoms with Crippen LogP contribution in [0.25, 0.3) is 11.3 Å². The first-order valence-electron chi connectivity index (χ1n) is 7.61. The van der Waals surface area contributed by atoms with Gasteiger partial charge in [0.1, 0.15) is 12.4 Å². The Bertz CT molecular complexity index is 843. The second kappa shape index (κ2) is 6.96. The molecule has 0 aliphatic heterocycles. The molecule has 3 rings (SSSR count). The zero-order valence-electron chi connectivity index (χ0n) is 13.3. The van der Waals surface area contributed by atoms with Crippen molar-refractivity contribution in [2.24, 2.45) is 0 Å². The first kappa shape index (κ1) is 15.7. The highest BCUT2D eigenvalue weighted by Gasteiger charge is 2.09. The molecule has 4 nitrogen and oxygen atoms in total. The normalized spacial score (nSPS) is 10.4. The Balaban J connectivity index is 1.72. The van der Waals surface area contributed by atoms with Crippen molar-refractivity contribution in [3.8, 4) is 17.0 Å².